The Balaban J connectivity index is 1.58. The van der Waals surface area contributed by atoms with E-state index in [9.17, 15) is 9.59 Å². The summed E-state index contributed by atoms with van der Waals surface area (Å²) in [5.74, 6) is 0.380. The number of nitrogens with zero attached hydrogens (tertiary/aromatic N) is 2. The van der Waals surface area contributed by atoms with E-state index < -0.39 is 5.97 Å². The Labute approximate surface area is 229 Å². The summed E-state index contributed by atoms with van der Waals surface area (Å²) in [6.45, 7) is 6.14. The molecule has 0 saturated carbocycles. The van der Waals surface area contributed by atoms with E-state index in [4.69, 9.17) is 14.5 Å². The predicted molar refractivity (Wildman–Crippen MR) is 154 cm³/mol. The van der Waals surface area contributed by atoms with Crippen molar-refractivity contribution in [2.75, 3.05) is 24.7 Å². The number of pyridine rings is 1. The number of carbonyl (C=O) groups excluding carboxylic acids is 2. The normalized spacial score (nSPS) is 12.7. The second kappa shape index (κ2) is 11.5. The molecule has 0 spiro atoms. The summed E-state index contributed by atoms with van der Waals surface area (Å²) >= 11 is 0. The molecule has 1 amide bonds. The van der Waals surface area contributed by atoms with Crippen LogP contribution in [-0.2, 0) is 20.7 Å². The molecule has 6 nitrogen and oxygen atoms in total. The summed E-state index contributed by atoms with van der Waals surface area (Å²) in [4.78, 5) is 31.4. The highest BCUT2D eigenvalue weighted by molar-refractivity contribution is 6.02. The predicted octanol–water partition coefficient (Wildman–Crippen LogP) is 6.57. The van der Waals surface area contributed by atoms with Crippen LogP contribution in [0.4, 0.5) is 5.69 Å². The maximum Gasteiger partial charge on any atom is 0.326 e. The van der Waals surface area contributed by atoms with Crippen LogP contribution in [0.5, 0.6) is 5.75 Å². The maximum absolute atomic E-state index is 12.7. The van der Waals surface area contributed by atoms with E-state index in [2.05, 4.69) is 62.4 Å². The van der Waals surface area contributed by atoms with Gasteiger partial charge < -0.3 is 9.47 Å². The Bertz CT molecular complexity index is 1480. The van der Waals surface area contributed by atoms with Crippen LogP contribution in [0.1, 0.15) is 26.3 Å². The Morgan fingerprint density at radius 1 is 0.897 bits per heavy atom. The first-order valence-corrected chi connectivity index (χ1v) is 13.3. The fraction of sp³-hybridized carbons (Fsp3) is 0.242. The van der Waals surface area contributed by atoms with Gasteiger partial charge in [-0.25, -0.2) is 4.98 Å². The Hall–Kier alpha value is -4.45. The highest BCUT2D eigenvalue weighted by Crippen LogP contribution is 2.37. The Morgan fingerprint density at radius 2 is 1.59 bits per heavy atom. The summed E-state index contributed by atoms with van der Waals surface area (Å²) in [5, 5.41) is 0. The molecule has 1 aliphatic heterocycles. The third-order valence-corrected chi connectivity index (χ3v) is 6.62. The molecule has 1 aromatic heterocycles. The number of hydrogen-bond donors (Lipinski definition) is 0. The zero-order chi connectivity index (χ0) is 27.4. The van der Waals surface area contributed by atoms with Crippen LogP contribution < -0.4 is 9.64 Å². The molecule has 6 heteroatoms. The summed E-state index contributed by atoms with van der Waals surface area (Å²) in [6, 6.07) is 28.6. The lowest BCUT2D eigenvalue weighted by Crippen LogP contribution is -2.42. The fourth-order valence-corrected chi connectivity index (χ4v) is 4.78. The standard InChI is InChI=1S/C33H32N2O4/c1-4-38-33(37)20-35-30-19-26(14-15-31(30)39-21-32(35)36)29-18-27(24-8-6-5-7-9-24)17-28(34-29)25-12-10-23(11-13-25)16-22(2)3/h5-15,17-19,22H,4,16,20-21H2,1-3H3. The van der Waals surface area contributed by atoms with E-state index in [1.165, 1.54) is 10.5 Å². The number of aromatic nitrogens is 1. The van der Waals surface area contributed by atoms with Crippen LogP contribution >= 0.6 is 0 Å². The molecule has 0 N–H and O–H groups in total. The summed E-state index contributed by atoms with van der Waals surface area (Å²) in [5.41, 5.74) is 7.41. The van der Waals surface area contributed by atoms with Gasteiger partial charge in [0, 0.05) is 11.1 Å². The lowest BCUT2D eigenvalue weighted by Gasteiger charge is -2.29. The van der Waals surface area contributed by atoms with Crippen LogP contribution in [0.2, 0.25) is 0 Å². The quantitative estimate of drug-likeness (QED) is 0.246. The number of carbonyl (C=O) groups is 2. The zero-order valence-corrected chi connectivity index (χ0v) is 22.5. The monoisotopic (exact) mass is 520 g/mol. The van der Waals surface area contributed by atoms with E-state index in [1.54, 1.807) is 6.92 Å². The lowest BCUT2D eigenvalue weighted by molar-refractivity contribution is -0.142. The lowest BCUT2D eigenvalue weighted by atomic mass is 9.98. The largest absolute Gasteiger partial charge is 0.482 e. The van der Waals surface area contributed by atoms with Gasteiger partial charge in [-0.2, -0.15) is 0 Å². The van der Waals surface area contributed by atoms with Gasteiger partial charge in [0.15, 0.2) is 6.61 Å². The molecule has 0 unspecified atom stereocenters. The molecule has 2 heterocycles. The number of ether oxygens (including phenoxy) is 2. The highest BCUT2D eigenvalue weighted by atomic mass is 16.5. The highest BCUT2D eigenvalue weighted by Gasteiger charge is 2.28. The number of benzene rings is 3. The van der Waals surface area contributed by atoms with Gasteiger partial charge in [-0.15, -0.1) is 0 Å². The third-order valence-electron chi connectivity index (χ3n) is 6.62. The molecule has 0 bridgehead atoms. The average molecular weight is 521 g/mol. The molecule has 4 aromatic rings. The van der Waals surface area contributed by atoms with Gasteiger partial charge in [-0.3, -0.25) is 14.5 Å². The molecule has 0 aliphatic carbocycles. The third kappa shape index (κ3) is 6.01. The number of fused-ring (bicyclic) bond motifs is 1. The van der Waals surface area contributed by atoms with Crippen molar-refractivity contribution in [2.45, 2.75) is 27.2 Å². The molecule has 0 atom stereocenters. The number of anilines is 1. The minimum atomic E-state index is -0.462. The fourth-order valence-electron chi connectivity index (χ4n) is 4.78. The van der Waals surface area contributed by atoms with E-state index in [1.807, 2.05) is 36.4 Å². The second-order valence-electron chi connectivity index (χ2n) is 10.0. The SMILES string of the molecule is CCOC(=O)CN1C(=O)COc2ccc(-c3cc(-c4ccccc4)cc(-c4ccc(CC(C)C)cc4)n3)cc21. The molecule has 3 aromatic carbocycles. The molecular formula is C33H32N2O4. The second-order valence-corrected chi connectivity index (χ2v) is 10.0. The average Bonchev–Trinajstić information content (AvgIpc) is 2.95. The van der Waals surface area contributed by atoms with Gasteiger partial charge in [0.1, 0.15) is 12.3 Å². The summed E-state index contributed by atoms with van der Waals surface area (Å²) in [7, 11) is 0. The van der Waals surface area contributed by atoms with Crippen molar-refractivity contribution in [2.24, 2.45) is 5.92 Å². The molecule has 198 valence electrons. The van der Waals surface area contributed by atoms with Gasteiger partial charge in [0.05, 0.1) is 23.7 Å². The first kappa shape index (κ1) is 26.2. The molecule has 0 fully saturated rings. The number of esters is 1. The molecule has 39 heavy (non-hydrogen) atoms. The minimum Gasteiger partial charge on any atom is -0.482 e. The molecule has 5 rings (SSSR count). The molecule has 1 aliphatic rings. The first-order chi connectivity index (χ1) is 18.9. The smallest absolute Gasteiger partial charge is 0.326 e. The van der Waals surface area contributed by atoms with Crippen molar-refractivity contribution in [3.63, 3.8) is 0 Å². The zero-order valence-electron chi connectivity index (χ0n) is 22.5. The van der Waals surface area contributed by atoms with Gasteiger partial charge in [-0.05, 0) is 66.3 Å². The van der Waals surface area contributed by atoms with Crippen molar-refractivity contribution in [3.05, 3.63) is 90.5 Å². The van der Waals surface area contributed by atoms with E-state index in [0.29, 0.717) is 17.4 Å². The number of amides is 1. The van der Waals surface area contributed by atoms with Crippen LogP contribution in [0.3, 0.4) is 0 Å². The van der Waals surface area contributed by atoms with Crippen molar-refractivity contribution < 1.29 is 19.1 Å². The Kier molecular flexibility index (Phi) is 7.73. The van der Waals surface area contributed by atoms with Crippen molar-refractivity contribution in [1.82, 2.24) is 4.98 Å². The van der Waals surface area contributed by atoms with Gasteiger partial charge in [0.25, 0.3) is 5.91 Å². The van der Waals surface area contributed by atoms with E-state index in [-0.39, 0.29) is 25.7 Å². The Morgan fingerprint density at radius 3 is 2.28 bits per heavy atom. The maximum atomic E-state index is 12.7. The van der Waals surface area contributed by atoms with Crippen LogP contribution in [0.25, 0.3) is 33.6 Å². The number of rotatable bonds is 8. The number of hydrogen-bond acceptors (Lipinski definition) is 5. The first-order valence-electron chi connectivity index (χ1n) is 13.3. The van der Waals surface area contributed by atoms with Crippen LogP contribution in [-0.4, -0.2) is 36.6 Å². The van der Waals surface area contributed by atoms with Crippen LogP contribution in [0, 0.1) is 5.92 Å². The van der Waals surface area contributed by atoms with Crippen molar-refractivity contribution in [1.29, 1.82) is 0 Å². The molecule has 0 saturated heterocycles. The van der Waals surface area contributed by atoms with E-state index in [0.717, 1.165) is 40.1 Å². The summed E-state index contributed by atoms with van der Waals surface area (Å²) < 4.78 is 10.8. The topological polar surface area (TPSA) is 68.7 Å². The van der Waals surface area contributed by atoms with Crippen molar-refractivity contribution >= 4 is 17.6 Å². The minimum absolute atomic E-state index is 0.121. The van der Waals surface area contributed by atoms with Gasteiger partial charge in [0.2, 0.25) is 0 Å². The van der Waals surface area contributed by atoms with Crippen LogP contribution in [0.15, 0.2) is 84.9 Å². The molecule has 0 radical (unpaired) electrons. The van der Waals surface area contributed by atoms with E-state index >= 15 is 0 Å². The molecular weight excluding hydrogens is 488 g/mol. The van der Waals surface area contributed by atoms with Gasteiger partial charge in [-0.1, -0.05) is 68.4 Å². The summed E-state index contributed by atoms with van der Waals surface area (Å²) in [6.07, 6.45) is 1.03. The van der Waals surface area contributed by atoms with Gasteiger partial charge >= 0.3 is 5.97 Å². The van der Waals surface area contributed by atoms with Crippen molar-refractivity contribution in [3.8, 4) is 39.4 Å².